The van der Waals surface area contributed by atoms with Crippen LogP contribution in [-0.2, 0) is 14.3 Å². The predicted molar refractivity (Wildman–Crippen MR) is 183 cm³/mol. The van der Waals surface area contributed by atoms with E-state index < -0.39 is 23.0 Å². The van der Waals surface area contributed by atoms with Crippen LogP contribution in [0, 0.1) is 34.0 Å². The van der Waals surface area contributed by atoms with Gasteiger partial charge in [0.1, 0.15) is 23.3 Å². The molecule has 9 nitrogen and oxygen atoms in total. The van der Waals surface area contributed by atoms with Crippen molar-refractivity contribution in [2.24, 2.45) is 34.0 Å². The van der Waals surface area contributed by atoms with E-state index in [2.05, 4.69) is 49.1 Å². The molecular formula is C36H53N3O6S. The average molecular weight is 656 g/mol. The number of rotatable bonds is 8. The summed E-state index contributed by atoms with van der Waals surface area (Å²) in [4.78, 5) is 59.2. The molecule has 2 heterocycles. The topological polar surface area (TPSA) is 107 Å². The van der Waals surface area contributed by atoms with Gasteiger partial charge < -0.3 is 24.5 Å². The van der Waals surface area contributed by atoms with Crippen molar-refractivity contribution in [2.45, 2.75) is 90.9 Å². The summed E-state index contributed by atoms with van der Waals surface area (Å²) >= 11 is 1.51. The van der Waals surface area contributed by atoms with E-state index in [-0.39, 0.29) is 57.6 Å². The second-order valence-corrected chi connectivity index (χ2v) is 16.7. The highest BCUT2D eigenvalue weighted by atomic mass is 32.2. The monoisotopic (exact) mass is 655 g/mol. The summed E-state index contributed by atoms with van der Waals surface area (Å²) in [6.07, 6.45) is 6.02. The molecule has 254 valence electrons. The molecule has 0 spiro atoms. The average Bonchev–Trinajstić information content (AvgIpc) is 3.64. The molecule has 46 heavy (non-hydrogen) atoms. The zero-order valence-electron chi connectivity index (χ0n) is 28.4. The fourth-order valence-corrected chi connectivity index (χ4v) is 11.2. The van der Waals surface area contributed by atoms with Crippen LogP contribution in [0.15, 0.2) is 22.2 Å². The fraction of sp³-hybridized carbons (Fsp3) is 0.778. The minimum atomic E-state index is -0.688. The van der Waals surface area contributed by atoms with Crippen molar-refractivity contribution >= 4 is 34.9 Å². The predicted octanol–water partition coefficient (Wildman–Crippen LogP) is 3.64. The number of ether oxygens (including phenoxy) is 1. The lowest BCUT2D eigenvalue weighted by Crippen LogP contribution is -2.63. The van der Waals surface area contributed by atoms with E-state index >= 15 is 0 Å². The normalized spacial score (nSPS) is 40.1. The van der Waals surface area contributed by atoms with Gasteiger partial charge in [0.2, 0.25) is 0 Å². The van der Waals surface area contributed by atoms with Crippen LogP contribution >= 0.6 is 11.8 Å². The number of anilines is 2. The van der Waals surface area contributed by atoms with Crippen molar-refractivity contribution < 1.29 is 19.4 Å². The number of thioether (sulfide) groups is 1. The number of ketones is 1. The molecule has 6 rings (SSSR count). The number of carbonyl (C=O) groups excluding carboxylic acids is 2. The molecule has 3 aliphatic carbocycles. The van der Waals surface area contributed by atoms with E-state index in [1.807, 2.05) is 13.0 Å². The number of hydrogen-bond acceptors (Lipinski definition) is 10. The quantitative estimate of drug-likeness (QED) is 0.254. The van der Waals surface area contributed by atoms with Crippen molar-refractivity contribution in [3.05, 3.63) is 33.1 Å². The van der Waals surface area contributed by atoms with Gasteiger partial charge in [0.15, 0.2) is 0 Å². The first kappa shape index (κ1) is 33.7. The molecule has 1 aromatic carbocycles. The van der Waals surface area contributed by atoms with Crippen LogP contribution in [0.25, 0.3) is 0 Å². The van der Waals surface area contributed by atoms with Gasteiger partial charge in [-0.1, -0.05) is 33.8 Å². The number of piperazine rings is 1. The summed E-state index contributed by atoms with van der Waals surface area (Å²) in [6, 6.07) is 0.0713. The number of Topliss-reactive ketones (excluding diaryl/α,β-unsaturated/α-hetero) is 1. The van der Waals surface area contributed by atoms with Crippen molar-refractivity contribution in [1.82, 2.24) is 4.90 Å². The molecule has 2 bridgehead atoms. The SMILES string of the molecule is C=C[C@]1(C)C[C@@H](OC(=O)CSCC2CCCN2c2c(N3CCN(C)CC3)c(=O)c2=O)[C@]2(C)[C@H](C)CC[C@]3(CCC(=O)[C@H]32)[C@@H](C)[C@@H]1O. The molecule has 2 aliphatic heterocycles. The van der Waals surface area contributed by atoms with Gasteiger partial charge in [0.25, 0.3) is 10.9 Å². The Kier molecular flexibility index (Phi) is 9.07. The van der Waals surface area contributed by atoms with Crippen LogP contribution in [0.2, 0.25) is 0 Å². The van der Waals surface area contributed by atoms with Crippen molar-refractivity contribution in [1.29, 1.82) is 0 Å². The van der Waals surface area contributed by atoms with Gasteiger partial charge in [-0.2, -0.15) is 0 Å². The second-order valence-electron chi connectivity index (χ2n) is 15.7. The number of aliphatic hydroxyl groups excluding tert-OH is 1. The maximum absolute atomic E-state index is 13.7. The maximum Gasteiger partial charge on any atom is 0.316 e. The summed E-state index contributed by atoms with van der Waals surface area (Å²) in [5, 5.41) is 11.8. The molecule has 2 saturated heterocycles. The number of carbonyl (C=O) groups is 2. The molecule has 5 aliphatic rings. The van der Waals surface area contributed by atoms with Gasteiger partial charge >= 0.3 is 5.97 Å². The molecule has 0 aromatic heterocycles. The van der Waals surface area contributed by atoms with Gasteiger partial charge in [0.05, 0.1) is 11.9 Å². The molecule has 1 aromatic rings. The first-order chi connectivity index (χ1) is 21.8. The van der Waals surface area contributed by atoms with Crippen LogP contribution < -0.4 is 20.7 Å². The number of aliphatic hydroxyl groups is 1. The van der Waals surface area contributed by atoms with Crippen LogP contribution in [0.5, 0.6) is 0 Å². The molecule has 10 heteroatoms. The molecule has 0 radical (unpaired) electrons. The third-order valence-corrected chi connectivity index (χ3v) is 14.5. The number of nitrogens with zero attached hydrogens (tertiary/aromatic N) is 3. The van der Waals surface area contributed by atoms with Gasteiger partial charge in [-0.25, -0.2) is 0 Å². The number of esters is 1. The maximum atomic E-state index is 13.7. The highest BCUT2D eigenvalue weighted by Crippen LogP contribution is 2.68. The summed E-state index contributed by atoms with van der Waals surface area (Å²) in [7, 11) is 2.07. The van der Waals surface area contributed by atoms with E-state index in [1.54, 1.807) is 0 Å². The molecule has 3 saturated carbocycles. The Morgan fingerprint density at radius 2 is 1.74 bits per heavy atom. The Balaban J connectivity index is 1.16. The molecule has 1 unspecified atom stereocenters. The molecule has 5 fully saturated rings. The number of hydrogen-bond donors (Lipinski definition) is 1. The molecule has 1 N–H and O–H groups in total. The Morgan fingerprint density at radius 1 is 1.04 bits per heavy atom. The van der Waals surface area contributed by atoms with Gasteiger partial charge in [0, 0.05) is 67.7 Å². The van der Waals surface area contributed by atoms with E-state index in [0.29, 0.717) is 30.0 Å². The van der Waals surface area contributed by atoms with Crippen molar-refractivity contribution in [3.63, 3.8) is 0 Å². The van der Waals surface area contributed by atoms with E-state index in [0.717, 1.165) is 64.8 Å². The standard InChI is InChI=1S/C36H53N3O6S/c1-7-34(4)19-26(35(5)22(2)10-12-36(23(3)33(34)44)13-11-25(40)32(35)36)45-27(41)21-46-20-24-9-8-14-39(24)29-28(30(42)31(29)43)38-17-15-37(6)16-18-38/h7,22-24,26,32-33,44H,1,8-21H2,2-6H3/t22-,23+,24?,26-,32+,33+,34-,35+,36+/m1/s1. The third kappa shape index (κ3) is 5.20. The van der Waals surface area contributed by atoms with E-state index in [9.17, 15) is 24.3 Å². The lowest BCUT2D eigenvalue weighted by atomic mass is 9.44. The highest BCUT2D eigenvalue weighted by Gasteiger charge is 2.68. The highest BCUT2D eigenvalue weighted by molar-refractivity contribution is 7.99. The van der Waals surface area contributed by atoms with E-state index in [1.165, 1.54) is 11.8 Å². The Bertz CT molecular complexity index is 1430. The van der Waals surface area contributed by atoms with Crippen molar-refractivity contribution in [3.8, 4) is 0 Å². The van der Waals surface area contributed by atoms with Gasteiger partial charge in [-0.15, -0.1) is 18.3 Å². The summed E-state index contributed by atoms with van der Waals surface area (Å²) in [5.74, 6) is 0.635. The largest absolute Gasteiger partial charge is 0.461 e. The molecule has 0 amide bonds. The first-order valence-corrected chi connectivity index (χ1v) is 18.6. The lowest BCUT2D eigenvalue weighted by molar-refractivity contribution is -0.205. The lowest BCUT2D eigenvalue weighted by Gasteiger charge is -2.61. The molecular weight excluding hydrogens is 602 g/mol. The Labute approximate surface area is 277 Å². The first-order valence-electron chi connectivity index (χ1n) is 17.4. The van der Waals surface area contributed by atoms with Crippen LogP contribution in [0.3, 0.4) is 0 Å². The smallest absolute Gasteiger partial charge is 0.316 e. The van der Waals surface area contributed by atoms with Gasteiger partial charge in [-0.3, -0.25) is 19.2 Å². The Morgan fingerprint density at radius 3 is 2.43 bits per heavy atom. The third-order valence-electron chi connectivity index (χ3n) is 13.5. The second kappa shape index (κ2) is 12.4. The summed E-state index contributed by atoms with van der Waals surface area (Å²) in [6.45, 7) is 16.5. The molecule has 9 atom stereocenters. The fourth-order valence-electron chi connectivity index (χ4n) is 10.2. The minimum Gasteiger partial charge on any atom is -0.461 e. The minimum absolute atomic E-state index is 0.0648. The van der Waals surface area contributed by atoms with Gasteiger partial charge in [-0.05, 0) is 62.8 Å². The zero-order chi connectivity index (χ0) is 33.2. The number of likely N-dealkylation sites (N-methyl/N-ethyl adjacent to an activating group) is 1. The van der Waals surface area contributed by atoms with E-state index in [4.69, 9.17) is 4.74 Å². The van der Waals surface area contributed by atoms with Crippen LogP contribution in [0.1, 0.15) is 72.6 Å². The van der Waals surface area contributed by atoms with Crippen LogP contribution in [-0.4, -0.2) is 91.3 Å². The zero-order valence-corrected chi connectivity index (χ0v) is 29.2. The van der Waals surface area contributed by atoms with Crippen LogP contribution in [0.4, 0.5) is 11.4 Å². The Hall–Kier alpha value is -2.17. The van der Waals surface area contributed by atoms with Crippen molar-refractivity contribution in [2.75, 3.05) is 61.1 Å². The summed E-state index contributed by atoms with van der Waals surface area (Å²) in [5.41, 5.74) is -1.11. The summed E-state index contributed by atoms with van der Waals surface area (Å²) < 4.78 is 6.42.